The third-order valence-electron chi connectivity index (χ3n) is 4.51. The molecule has 1 aromatic carbocycles. The van der Waals surface area contributed by atoms with Gasteiger partial charge in [0.2, 0.25) is 6.79 Å². The van der Waals surface area contributed by atoms with E-state index in [0.29, 0.717) is 13.3 Å². The molecule has 0 radical (unpaired) electrons. The number of H-pyrrole nitrogens is 1. The summed E-state index contributed by atoms with van der Waals surface area (Å²) in [5, 5.41) is 4.16. The lowest BCUT2D eigenvalue weighted by Crippen LogP contribution is -2.51. The summed E-state index contributed by atoms with van der Waals surface area (Å²) in [4.78, 5) is 7.67. The Bertz CT molecular complexity index is 748. The normalized spacial score (nSPS) is 16.0. The standard InChI is InChI=1S/C18H20N4O2S/c25-18(20-12-14-1-2-16-17(11-14)24-13-23-16)22-9-7-21(8-10-22)15-3-5-19-6-4-15/h1-6,11H,7-10,12-13H2,(H,20,25)/p+1. The maximum atomic E-state index is 5.56. The van der Waals surface area contributed by atoms with Gasteiger partial charge in [0.25, 0.3) is 0 Å². The highest BCUT2D eigenvalue weighted by Crippen LogP contribution is 2.32. The fourth-order valence-corrected chi connectivity index (χ4v) is 3.35. The van der Waals surface area contributed by atoms with Crippen LogP contribution in [0.5, 0.6) is 11.5 Å². The Hall–Kier alpha value is -2.54. The highest BCUT2D eigenvalue weighted by molar-refractivity contribution is 7.80. The van der Waals surface area contributed by atoms with E-state index in [4.69, 9.17) is 21.7 Å². The molecule has 1 saturated heterocycles. The Labute approximate surface area is 152 Å². The molecule has 130 valence electrons. The number of hydrogen-bond acceptors (Lipinski definition) is 4. The maximum Gasteiger partial charge on any atom is 0.231 e. The third-order valence-corrected chi connectivity index (χ3v) is 4.92. The zero-order valence-corrected chi connectivity index (χ0v) is 14.7. The molecule has 3 heterocycles. The van der Waals surface area contributed by atoms with Gasteiger partial charge in [0.15, 0.2) is 29.0 Å². The lowest BCUT2D eigenvalue weighted by molar-refractivity contribution is -0.377. The van der Waals surface area contributed by atoms with E-state index in [-0.39, 0.29) is 0 Å². The van der Waals surface area contributed by atoms with Crippen molar-refractivity contribution in [1.29, 1.82) is 0 Å². The van der Waals surface area contributed by atoms with Crippen LogP contribution in [0.4, 0.5) is 5.69 Å². The molecule has 0 aliphatic carbocycles. The number of nitrogens with zero attached hydrogens (tertiary/aromatic N) is 2. The topological polar surface area (TPSA) is 51.1 Å². The summed E-state index contributed by atoms with van der Waals surface area (Å²) in [5.74, 6) is 1.61. The van der Waals surface area contributed by atoms with E-state index in [1.54, 1.807) is 0 Å². The van der Waals surface area contributed by atoms with Crippen LogP contribution in [0.2, 0.25) is 0 Å². The average Bonchev–Trinajstić information content (AvgIpc) is 3.15. The monoisotopic (exact) mass is 357 g/mol. The van der Waals surface area contributed by atoms with Crippen molar-refractivity contribution in [2.24, 2.45) is 0 Å². The molecule has 25 heavy (non-hydrogen) atoms. The zero-order chi connectivity index (χ0) is 17.1. The largest absolute Gasteiger partial charge is 0.454 e. The van der Waals surface area contributed by atoms with E-state index in [0.717, 1.165) is 48.4 Å². The first kappa shape index (κ1) is 16.0. The minimum absolute atomic E-state index is 0.300. The molecule has 0 atom stereocenters. The predicted molar refractivity (Wildman–Crippen MR) is 98.8 cm³/mol. The van der Waals surface area contributed by atoms with Crippen molar-refractivity contribution in [3.05, 3.63) is 48.3 Å². The summed E-state index contributed by atoms with van der Waals surface area (Å²) in [6.07, 6.45) is 3.92. The van der Waals surface area contributed by atoms with Gasteiger partial charge in [-0.2, -0.15) is 0 Å². The molecule has 2 N–H and O–H groups in total. The van der Waals surface area contributed by atoms with Crippen molar-refractivity contribution in [2.45, 2.75) is 6.54 Å². The minimum atomic E-state index is 0.300. The van der Waals surface area contributed by atoms with Gasteiger partial charge in [-0.3, -0.25) is 0 Å². The van der Waals surface area contributed by atoms with Gasteiger partial charge >= 0.3 is 0 Å². The van der Waals surface area contributed by atoms with Gasteiger partial charge in [0.05, 0.1) is 0 Å². The summed E-state index contributed by atoms with van der Waals surface area (Å²) in [6, 6.07) is 10.2. The summed E-state index contributed by atoms with van der Waals surface area (Å²) in [7, 11) is 0. The van der Waals surface area contributed by atoms with E-state index >= 15 is 0 Å². The van der Waals surface area contributed by atoms with E-state index in [1.807, 2.05) is 30.6 Å². The molecule has 2 aliphatic heterocycles. The number of aromatic amines is 1. The number of anilines is 1. The summed E-state index contributed by atoms with van der Waals surface area (Å²) >= 11 is 5.56. The van der Waals surface area contributed by atoms with Gasteiger partial charge in [0, 0.05) is 50.5 Å². The molecule has 7 heteroatoms. The van der Waals surface area contributed by atoms with Gasteiger partial charge in [-0.05, 0) is 29.9 Å². The molecule has 0 bridgehead atoms. The van der Waals surface area contributed by atoms with Crippen LogP contribution in [0.15, 0.2) is 42.7 Å². The highest BCUT2D eigenvalue weighted by Gasteiger charge is 2.19. The smallest absolute Gasteiger partial charge is 0.231 e. The fourth-order valence-electron chi connectivity index (χ4n) is 3.10. The van der Waals surface area contributed by atoms with Gasteiger partial charge in [-0.15, -0.1) is 0 Å². The average molecular weight is 357 g/mol. The molecule has 1 fully saturated rings. The molecule has 2 aromatic rings. The number of hydrogen-bond donors (Lipinski definition) is 1. The Balaban J connectivity index is 1.28. The molecular formula is C18H21N4O2S+. The van der Waals surface area contributed by atoms with Crippen molar-refractivity contribution < 1.29 is 14.5 Å². The molecular weight excluding hydrogens is 336 g/mol. The van der Waals surface area contributed by atoms with E-state index in [1.165, 1.54) is 5.69 Å². The zero-order valence-electron chi connectivity index (χ0n) is 13.9. The quantitative estimate of drug-likeness (QED) is 0.839. The molecule has 0 saturated carbocycles. The van der Waals surface area contributed by atoms with Gasteiger partial charge < -0.3 is 24.6 Å². The van der Waals surface area contributed by atoms with Crippen LogP contribution in [0, 0.1) is 0 Å². The van der Waals surface area contributed by atoms with Crippen LogP contribution < -0.4 is 24.7 Å². The van der Waals surface area contributed by atoms with Gasteiger partial charge in [-0.25, -0.2) is 4.98 Å². The molecule has 0 spiro atoms. The van der Waals surface area contributed by atoms with Crippen LogP contribution >= 0.6 is 12.2 Å². The molecule has 0 unspecified atom stereocenters. The van der Waals surface area contributed by atoms with Crippen LogP contribution in [0.1, 0.15) is 5.56 Å². The van der Waals surface area contributed by atoms with E-state index in [2.05, 4.69) is 32.2 Å². The summed E-state index contributed by atoms with van der Waals surface area (Å²) in [6.45, 7) is 4.77. The number of aromatic nitrogens is 1. The number of piperazine rings is 1. The van der Waals surface area contributed by atoms with Crippen LogP contribution in [-0.4, -0.2) is 43.0 Å². The van der Waals surface area contributed by atoms with Crippen LogP contribution in [-0.2, 0) is 6.54 Å². The molecule has 1 aromatic heterocycles. The Morgan fingerprint density at radius 1 is 1.04 bits per heavy atom. The van der Waals surface area contributed by atoms with E-state index in [9.17, 15) is 0 Å². The number of rotatable bonds is 3. The Morgan fingerprint density at radius 2 is 1.80 bits per heavy atom. The SMILES string of the molecule is S=C(NCc1ccc2c(c1)OCO2)N1CCN(c2cc[nH+]cc2)CC1. The number of benzene rings is 1. The highest BCUT2D eigenvalue weighted by atomic mass is 32.1. The first-order valence-electron chi connectivity index (χ1n) is 8.42. The second-order valence-corrected chi connectivity index (χ2v) is 6.47. The summed E-state index contributed by atoms with van der Waals surface area (Å²) in [5.41, 5.74) is 2.38. The van der Waals surface area contributed by atoms with Gasteiger partial charge in [0.1, 0.15) is 0 Å². The minimum Gasteiger partial charge on any atom is -0.454 e. The number of fused-ring (bicyclic) bond motifs is 1. The predicted octanol–water partition coefficient (Wildman–Crippen LogP) is 1.43. The Kier molecular flexibility index (Phi) is 4.56. The molecule has 2 aliphatic rings. The fraction of sp³-hybridized carbons (Fsp3) is 0.333. The number of thiocarbonyl (C=S) groups is 1. The first-order chi connectivity index (χ1) is 12.3. The second kappa shape index (κ2) is 7.14. The lowest BCUT2D eigenvalue weighted by atomic mass is 10.2. The molecule has 0 amide bonds. The van der Waals surface area contributed by atoms with Crippen LogP contribution in [0.3, 0.4) is 0 Å². The van der Waals surface area contributed by atoms with Gasteiger partial charge in [-0.1, -0.05) is 6.07 Å². The van der Waals surface area contributed by atoms with Crippen molar-refractivity contribution in [2.75, 3.05) is 37.9 Å². The summed E-state index contributed by atoms with van der Waals surface area (Å²) < 4.78 is 10.8. The van der Waals surface area contributed by atoms with Crippen LogP contribution in [0.25, 0.3) is 0 Å². The lowest BCUT2D eigenvalue weighted by Gasteiger charge is -2.37. The Morgan fingerprint density at radius 3 is 2.60 bits per heavy atom. The second-order valence-electron chi connectivity index (χ2n) is 6.08. The van der Waals surface area contributed by atoms with Crippen molar-refractivity contribution in [3.63, 3.8) is 0 Å². The third kappa shape index (κ3) is 3.61. The van der Waals surface area contributed by atoms with Crippen molar-refractivity contribution in [3.8, 4) is 11.5 Å². The number of pyridine rings is 1. The number of ether oxygens (including phenoxy) is 2. The van der Waals surface area contributed by atoms with Crippen molar-refractivity contribution >= 4 is 23.0 Å². The first-order valence-corrected chi connectivity index (χ1v) is 8.83. The maximum absolute atomic E-state index is 5.56. The molecule has 4 rings (SSSR count). The van der Waals surface area contributed by atoms with Crippen molar-refractivity contribution in [1.82, 2.24) is 10.2 Å². The number of nitrogens with one attached hydrogen (secondary N) is 2. The molecule has 6 nitrogen and oxygen atoms in total. The van der Waals surface area contributed by atoms with E-state index < -0.39 is 0 Å².